The quantitative estimate of drug-likeness (QED) is 0.468. The van der Waals surface area contributed by atoms with Crippen molar-refractivity contribution in [1.29, 1.82) is 0 Å². The molecule has 30 heavy (non-hydrogen) atoms. The van der Waals surface area contributed by atoms with Gasteiger partial charge in [-0.3, -0.25) is 9.59 Å². The first-order chi connectivity index (χ1) is 14.5. The SMILES string of the molecule is COc1ccccc1N1C(=O)c2cnc3c(c(-c4ccc(Cl)cc4)nn3C)c2C1=O. The molecule has 148 valence electrons. The number of anilines is 1. The number of aromatic nitrogens is 3. The van der Waals surface area contributed by atoms with E-state index >= 15 is 0 Å². The molecule has 2 aromatic heterocycles. The van der Waals surface area contributed by atoms with Crippen LogP contribution in [-0.4, -0.2) is 33.7 Å². The van der Waals surface area contributed by atoms with Crippen LogP contribution < -0.4 is 9.64 Å². The number of pyridine rings is 1. The molecule has 0 fully saturated rings. The van der Waals surface area contributed by atoms with Gasteiger partial charge in [-0.1, -0.05) is 35.9 Å². The van der Waals surface area contributed by atoms with Gasteiger partial charge in [-0.15, -0.1) is 0 Å². The molecule has 0 N–H and O–H groups in total. The predicted octanol–water partition coefficient (Wildman–Crippen LogP) is 4.10. The third kappa shape index (κ3) is 2.52. The number of hydrogen-bond acceptors (Lipinski definition) is 5. The Morgan fingerprint density at radius 2 is 1.73 bits per heavy atom. The number of fused-ring (bicyclic) bond motifs is 3. The zero-order valence-corrected chi connectivity index (χ0v) is 16.8. The highest BCUT2D eigenvalue weighted by Gasteiger charge is 2.41. The summed E-state index contributed by atoms with van der Waals surface area (Å²) in [5.41, 5.74) is 2.77. The van der Waals surface area contributed by atoms with E-state index in [4.69, 9.17) is 16.3 Å². The van der Waals surface area contributed by atoms with Crippen molar-refractivity contribution in [2.75, 3.05) is 12.0 Å². The summed E-state index contributed by atoms with van der Waals surface area (Å²) >= 11 is 6.02. The van der Waals surface area contributed by atoms with E-state index in [2.05, 4.69) is 10.1 Å². The number of amides is 2. The lowest BCUT2D eigenvalue weighted by Crippen LogP contribution is -2.29. The highest BCUT2D eigenvalue weighted by molar-refractivity contribution is 6.38. The van der Waals surface area contributed by atoms with Crippen LogP contribution in [0.1, 0.15) is 20.7 Å². The molecule has 0 unspecified atom stereocenters. The number of nitrogens with zero attached hydrogens (tertiary/aromatic N) is 4. The van der Waals surface area contributed by atoms with E-state index in [-0.39, 0.29) is 11.1 Å². The first-order valence-electron chi connectivity index (χ1n) is 9.14. The van der Waals surface area contributed by atoms with Crippen LogP contribution in [-0.2, 0) is 7.05 Å². The van der Waals surface area contributed by atoms with Crippen LogP contribution in [0.5, 0.6) is 5.75 Å². The summed E-state index contributed by atoms with van der Waals surface area (Å²) in [5.74, 6) is -0.449. The van der Waals surface area contributed by atoms with Gasteiger partial charge in [0.2, 0.25) is 0 Å². The minimum Gasteiger partial charge on any atom is -0.495 e. The van der Waals surface area contributed by atoms with Crippen LogP contribution >= 0.6 is 11.6 Å². The summed E-state index contributed by atoms with van der Waals surface area (Å²) < 4.78 is 6.96. The maximum atomic E-state index is 13.5. The normalized spacial score (nSPS) is 13.2. The van der Waals surface area contributed by atoms with E-state index in [0.717, 1.165) is 10.5 Å². The molecule has 1 aliphatic rings. The second kappa shape index (κ2) is 6.67. The van der Waals surface area contributed by atoms with Gasteiger partial charge < -0.3 is 4.74 Å². The van der Waals surface area contributed by atoms with Crippen molar-refractivity contribution in [3.63, 3.8) is 0 Å². The average molecular weight is 419 g/mol. The molecular weight excluding hydrogens is 404 g/mol. The van der Waals surface area contributed by atoms with Crippen LogP contribution in [0.15, 0.2) is 54.7 Å². The van der Waals surface area contributed by atoms with Crippen LogP contribution in [0.25, 0.3) is 22.3 Å². The van der Waals surface area contributed by atoms with Gasteiger partial charge in [0.1, 0.15) is 11.4 Å². The lowest BCUT2D eigenvalue weighted by molar-refractivity contribution is 0.0925. The largest absolute Gasteiger partial charge is 0.495 e. The molecule has 1 aliphatic heterocycles. The molecule has 0 bridgehead atoms. The zero-order valence-electron chi connectivity index (χ0n) is 16.1. The van der Waals surface area contributed by atoms with Crippen molar-refractivity contribution in [3.05, 3.63) is 70.9 Å². The number of rotatable bonds is 3. The molecule has 5 rings (SSSR count). The Balaban J connectivity index is 1.76. The fourth-order valence-corrected chi connectivity index (χ4v) is 3.90. The smallest absolute Gasteiger partial charge is 0.267 e. The molecule has 2 amide bonds. The number of carbonyl (C=O) groups excluding carboxylic acids is 2. The summed E-state index contributed by atoms with van der Waals surface area (Å²) in [6, 6.07) is 14.1. The Hall–Kier alpha value is -3.71. The zero-order chi connectivity index (χ0) is 21.0. The van der Waals surface area contributed by atoms with Gasteiger partial charge in [0.15, 0.2) is 5.65 Å². The van der Waals surface area contributed by atoms with Crippen molar-refractivity contribution < 1.29 is 14.3 Å². The van der Waals surface area contributed by atoms with Gasteiger partial charge in [-0.05, 0) is 24.3 Å². The van der Waals surface area contributed by atoms with E-state index < -0.39 is 11.8 Å². The first kappa shape index (κ1) is 18.3. The molecule has 8 heteroatoms. The average Bonchev–Trinajstić information content (AvgIpc) is 3.22. The standard InChI is InChI=1S/C22H15ClN4O3/c1-26-20-18(19(25-26)12-7-9-13(23)10-8-12)17-14(11-24-20)21(28)27(22(17)29)15-5-3-4-6-16(15)30-2/h3-11H,1-2H3. The number of aryl methyl sites for hydroxylation is 1. The molecule has 7 nitrogen and oxygen atoms in total. The molecule has 0 atom stereocenters. The number of ether oxygens (including phenoxy) is 1. The van der Waals surface area contributed by atoms with E-state index in [1.807, 2.05) is 12.1 Å². The van der Waals surface area contributed by atoms with E-state index in [1.54, 1.807) is 48.1 Å². The van der Waals surface area contributed by atoms with E-state index in [9.17, 15) is 9.59 Å². The van der Waals surface area contributed by atoms with Crippen molar-refractivity contribution in [2.24, 2.45) is 7.05 Å². The van der Waals surface area contributed by atoms with Gasteiger partial charge in [0.25, 0.3) is 11.8 Å². The Labute approximate surface area is 176 Å². The maximum Gasteiger partial charge on any atom is 0.267 e. The Kier molecular flexibility index (Phi) is 4.08. The number of methoxy groups -OCH3 is 1. The van der Waals surface area contributed by atoms with E-state index in [0.29, 0.717) is 33.2 Å². The van der Waals surface area contributed by atoms with Gasteiger partial charge in [-0.25, -0.2) is 14.6 Å². The number of carbonyl (C=O) groups is 2. The van der Waals surface area contributed by atoms with Gasteiger partial charge in [-0.2, -0.15) is 5.10 Å². The molecule has 0 radical (unpaired) electrons. The lowest BCUT2D eigenvalue weighted by Gasteiger charge is -2.16. The second-order valence-electron chi connectivity index (χ2n) is 6.84. The molecular formula is C22H15ClN4O3. The molecule has 0 saturated heterocycles. The van der Waals surface area contributed by atoms with Gasteiger partial charge >= 0.3 is 0 Å². The highest BCUT2D eigenvalue weighted by Crippen LogP contribution is 2.39. The molecule has 0 aliphatic carbocycles. The molecule has 2 aromatic carbocycles. The fourth-order valence-electron chi connectivity index (χ4n) is 3.77. The van der Waals surface area contributed by atoms with Gasteiger partial charge in [0.05, 0.1) is 29.3 Å². The Morgan fingerprint density at radius 1 is 1.00 bits per heavy atom. The van der Waals surface area contributed by atoms with Crippen LogP contribution in [0.4, 0.5) is 5.69 Å². The summed E-state index contributed by atoms with van der Waals surface area (Å²) in [6.07, 6.45) is 1.43. The monoisotopic (exact) mass is 418 g/mol. The van der Waals surface area contributed by atoms with E-state index in [1.165, 1.54) is 13.3 Å². The highest BCUT2D eigenvalue weighted by atomic mass is 35.5. The minimum absolute atomic E-state index is 0.238. The van der Waals surface area contributed by atoms with Crippen molar-refractivity contribution in [1.82, 2.24) is 14.8 Å². The molecule has 3 heterocycles. The number of halogens is 1. The molecule has 0 saturated carbocycles. The van der Waals surface area contributed by atoms with Crippen molar-refractivity contribution in [2.45, 2.75) is 0 Å². The number of hydrogen-bond donors (Lipinski definition) is 0. The summed E-state index contributed by atoms with van der Waals surface area (Å²) in [6.45, 7) is 0. The first-order valence-corrected chi connectivity index (χ1v) is 9.52. The topological polar surface area (TPSA) is 77.3 Å². The fraction of sp³-hybridized carbons (Fsp3) is 0.0909. The van der Waals surface area contributed by atoms with Gasteiger partial charge in [0, 0.05) is 23.8 Å². The number of para-hydroxylation sites is 2. The molecule has 0 spiro atoms. The lowest BCUT2D eigenvalue weighted by atomic mass is 10.0. The van der Waals surface area contributed by atoms with Crippen LogP contribution in [0, 0.1) is 0 Å². The predicted molar refractivity (Wildman–Crippen MR) is 113 cm³/mol. The summed E-state index contributed by atoms with van der Waals surface area (Å²) in [4.78, 5) is 32.2. The Morgan fingerprint density at radius 3 is 2.47 bits per heavy atom. The van der Waals surface area contributed by atoms with Crippen LogP contribution in [0.2, 0.25) is 5.02 Å². The van der Waals surface area contributed by atoms with Crippen molar-refractivity contribution >= 4 is 40.1 Å². The second-order valence-corrected chi connectivity index (χ2v) is 7.28. The molecule has 4 aromatic rings. The van der Waals surface area contributed by atoms with Crippen molar-refractivity contribution in [3.8, 4) is 17.0 Å². The third-order valence-corrected chi connectivity index (χ3v) is 5.40. The minimum atomic E-state index is -0.445. The van der Waals surface area contributed by atoms with Crippen LogP contribution in [0.3, 0.4) is 0 Å². The number of benzene rings is 2. The third-order valence-electron chi connectivity index (χ3n) is 5.15. The summed E-state index contributed by atoms with van der Waals surface area (Å²) in [5, 5.41) is 5.69. The summed E-state index contributed by atoms with van der Waals surface area (Å²) in [7, 11) is 3.25. The maximum absolute atomic E-state index is 13.5. The Bertz CT molecular complexity index is 1340. The number of imide groups is 1.